The Balaban J connectivity index is 1.25. The molecular weight excluding hydrogens is 424 g/mol. The highest BCUT2D eigenvalue weighted by atomic mass is 16.5. The third-order valence-corrected chi connectivity index (χ3v) is 7.64. The summed E-state index contributed by atoms with van der Waals surface area (Å²) in [7, 11) is 0. The first-order valence-electron chi connectivity index (χ1n) is 11.8. The Morgan fingerprint density at radius 1 is 1.12 bits per heavy atom. The number of carboxylic acid groups (broad SMARTS) is 1. The molecule has 176 valence electrons. The second kappa shape index (κ2) is 9.13. The maximum Gasteiger partial charge on any atom is 0.303 e. The highest BCUT2D eigenvalue weighted by molar-refractivity contribution is 5.91. The van der Waals surface area contributed by atoms with Crippen LogP contribution in [0.3, 0.4) is 0 Å². The van der Waals surface area contributed by atoms with E-state index in [9.17, 15) is 19.5 Å². The van der Waals surface area contributed by atoms with E-state index in [2.05, 4.69) is 16.1 Å². The normalized spacial score (nSPS) is 27.2. The monoisotopic (exact) mass is 454 g/mol. The van der Waals surface area contributed by atoms with Gasteiger partial charge in [0.05, 0.1) is 6.20 Å². The minimum absolute atomic E-state index is 0.0601. The predicted octanol–water partition coefficient (Wildman–Crippen LogP) is 1.90. The van der Waals surface area contributed by atoms with Crippen molar-refractivity contribution in [3.05, 3.63) is 52.3 Å². The molecule has 2 aromatic rings. The zero-order valence-electron chi connectivity index (χ0n) is 18.6. The van der Waals surface area contributed by atoms with Crippen molar-refractivity contribution in [2.24, 2.45) is 17.8 Å². The number of amides is 1. The van der Waals surface area contributed by atoms with E-state index in [0.717, 1.165) is 44.7 Å². The van der Waals surface area contributed by atoms with Crippen LogP contribution in [0.15, 0.2) is 39.8 Å². The molecule has 3 aliphatic heterocycles. The number of fused-ring (bicyclic) bond motifs is 4. The largest absolute Gasteiger partial charge is 0.481 e. The van der Waals surface area contributed by atoms with E-state index < -0.39 is 5.97 Å². The fraction of sp³-hybridized carbons (Fsp3) is 0.583. The molecule has 0 spiro atoms. The van der Waals surface area contributed by atoms with Gasteiger partial charge in [-0.1, -0.05) is 11.2 Å². The molecule has 2 saturated heterocycles. The van der Waals surface area contributed by atoms with Crippen molar-refractivity contribution < 1.29 is 19.2 Å². The molecule has 0 radical (unpaired) electrons. The van der Waals surface area contributed by atoms with E-state index in [0.29, 0.717) is 31.3 Å². The number of piperidine rings is 2. The van der Waals surface area contributed by atoms with Gasteiger partial charge in [-0.05, 0) is 49.6 Å². The number of hydrogen-bond acceptors (Lipinski definition) is 6. The SMILES string of the molecule is O=C(O)CC1CCN(C(=O)c2ccno2)CC1CCN1CC2CC(C1)c1cccc(=O)n1C2. The molecule has 2 aromatic heterocycles. The molecule has 0 aliphatic carbocycles. The van der Waals surface area contributed by atoms with E-state index in [1.807, 2.05) is 10.6 Å². The van der Waals surface area contributed by atoms with E-state index in [-0.39, 0.29) is 35.5 Å². The minimum atomic E-state index is -0.783. The molecule has 1 amide bonds. The van der Waals surface area contributed by atoms with Gasteiger partial charge in [0, 0.05) is 62.9 Å². The van der Waals surface area contributed by atoms with E-state index >= 15 is 0 Å². The first-order chi connectivity index (χ1) is 16.0. The summed E-state index contributed by atoms with van der Waals surface area (Å²) < 4.78 is 6.98. The van der Waals surface area contributed by atoms with Gasteiger partial charge in [0.1, 0.15) is 0 Å². The predicted molar refractivity (Wildman–Crippen MR) is 119 cm³/mol. The summed E-state index contributed by atoms with van der Waals surface area (Å²) >= 11 is 0. The van der Waals surface area contributed by atoms with Crippen LogP contribution in [0.1, 0.15) is 47.8 Å². The Hall–Kier alpha value is -2.94. The molecule has 0 saturated carbocycles. The van der Waals surface area contributed by atoms with E-state index in [1.165, 1.54) is 6.20 Å². The number of hydrogen-bond donors (Lipinski definition) is 1. The van der Waals surface area contributed by atoms with Crippen LogP contribution < -0.4 is 5.56 Å². The molecule has 0 aromatic carbocycles. The molecule has 9 nitrogen and oxygen atoms in total. The molecule has 5 heterocycles. The van der Waals surface area contributed by atoms with Crippen LogP contribution in [-0.2, 0) is 11.3 Å². The second-order valence-electron chi connectivity index (χ2n) is 9.78. The quantitative estimate of drug-likeness (QED) is 0.710. The van der Waals surface area contributed by atoms with Crippen molar-refractivity contribution >= 4 is 11.9 Å². The van der Waals surface area contributed by atoms with Gasteiger partial charge in [-0.15, -0.1) is 0 Å². The van der Waals surface area contributed by atoms with Crippen LogP contribution in [0.4, 0.5) is 0 Å². The summed E-state index contributed by atoms with van der Waals surface area (Å²) in [5, 5.41) is 13.0. The standard InChI is InChI=1S/C24H30N4O5/c29-22-3-1-2-20-19-10-16(13-28(20)22)12-26(14-19)8-5-18-15-27(9-6-17(18)11-23(30)31)24(32)21-4-7-25-33-21/h1-4,7,16-19H,5-6,8-15H2,(H,30,31). The molecule has 4 atom stereocenters. The van der Waals surface area contributed by atoms with Crippen LogP contribution in [0.2, 0.25) is 0 Å². The van der Waals surface area contributed by atoms with Crippen LogP contribution >= 0.6 is 0 Å². The third-order valence-electron chi connectivity index (χ3n) is 7.64. The summed E-state index contributed by atoms with van der Waals surface area (Å²) in [5.41, 5.74) is 1.22. The fourth-order valence-electron chi connectivity index (χ4n) is 6.09. The van der Waals surface area contributed by atoms with Crippen molar-refractivity contribution in [3.63, 3.8) is 0 Å². The summed E-state index contributed by atoms with van der Waals surface area (Å²) in [5.74, 6) is 0.265. The first kappa shape index (κ1) is 21.9. The Kier molecular flexibility index (Phi) is 6.05. The van der Waals surface area contributed by atoms with Gasteiger partial charge in [-0.25, -0.2) is 0 Å². The molecule has 5 rings (SSSR count). The van der Waals surface area contributed by atoms with Crippen molar-refractivity contribution in [2.75, 3.05) is 32.7 Å². The number of rotatable bonds is 6. The van der Waals surface area contributed by atoms with Crippen LogP contribution in [0.5, 0.6) is 0 Å². The highest BCUT2D eigenvalue weighted by Gasteiger charge is 2.37. The molecule has 33 heavy (non-hydrogen) atoms. The Bertz CT molecular complexity index is 1070. The molecule has 2 fully saturated rings. The van der Waals surface area contributed by atoms with Crippen LogP contribution in [0.25, 0.3) is 0 Å². The molecular formula is C24H30N4O5. The summed E-state index contributed by atoms with van der Waals surface area (Å²) in [6, 6.07) is 7.13. The van der Waals surface area contributed by atoms with Crippen molar-refractivity contribution in [1.29, 1.82) is 0 Å². The highest BCUT2D eigenvalue weighted by Crippen LogP contribution is 2.36. The molecule has 2 bridgehead atoms. The van der Waals surface area contributed by atoms with Gasteiger partial charge < -0.3 is 24.0 Å². The molecule has 9 heteroatoms. The average Bonchev–Trinajstić information content (AvgIpc) is 3.33. The van der Waals surface area contributed by atoms with Crippen molar-refractivity contribution in [2.45, 2.75) is 38.1 Å². The smallest absolute Gasteiger partial charge is 0.303 e. The van der Waals surface area contributed by atoms with Gasteiger partial charge in [-0.2, -0.15) is 0 Å². The number of carbonyl (C=O) groups is 2. The lowest BCUT2D eigenvalue weighted by atomic mass is 9.80. The van der Waals surface area contributed by atoms with E-state index in [4.69, 9.17) is 4.52 Å². The van der Waals surface area contributed by atoms with E-state index in [1.54, 1.807) is 17.0 Å². The van der Waals surface area contributed by atoms with Gasteiger partial charge in [0.2, 0.25) is 5.76 Å². The van der Waals surface area contributed by atoms with Gasteiger partial charge >= 0.3 is 5.97 Å². The van der Waals surface area contributed by atoms with Crippen molar-refractivity contribution in [3.8, 4) is 0 Å². The number of aliphatic carboxylic acids is 1. The molecule has 3 aliphatic rings. The van der Waals surface area contributed by atoms with Gasteiger partial charge in [-0.3, -0.25) is 14.4 Å². The zero-order chi connectivity index (χ0) is 22.9. The van der Waals surface area contributed by atoms with Crippen LogP contribution in [-0.4, -0.2) is 69.2 Å². The first-order valence-corrected chi connectivity index (χ1v) is 11.8. The van der Waals surface area contributed by atoms with Crippen LogP contribution in [0, 0.1) is 17.8 Å². The number of aromatic nitrogens is 2. The molecule has 1 N–H and O–H groups in total. The molecule has 4 unspecified atom stereocenters. The third kappa shape index (κ3) is 4.59. The van der Waals surface area contributed by atoms with Gasteiger partial charge in [0.15, 0.2) is 0 Å². The number of likely N-dealkylation sites (tertiary alicyclic amines) is 2. The lowest BCUT2D eigenvalue weighted by Gasteiger charge is -2.44. The number of carboxylic acids is 1. The Morgan fingerprint density at radius 3 is 2.79 bits per heavy atom. The fourth-order valence-corrected chi connectivity index (χ4v) is 6.09. The Labute approximate surface area is 192 Å². The number of nitrogens with zero attached hydrogens (tertiary/aromatic N) is 4. The Morgan fingerprint density at radius 2 is 2.00 bits per heavy atom. The number of carbonyl (C=O) groups excluding carboxylic acids is 1. The topological polar surface area (TPSA) is 109 Å². The zero-order valence-corrected chi connectivity index (χ0v) is 18.6. The lowest BCUT2D eigenvalue weighted by Crippen LogP contribution is -2.49. The minimum Gasteiger partial charge on any atom is -0.481 e. The second-order valence-corrected chi connectivity index (χ2v) is 9.78. The van der Waals surface area contributed by atoms with Gasteiger partial charge in [0.25, 0.3) is 11.5 Å². The average molecular weight is 455 g/mol. The lowest BCUT2D eigenvalue weighted by molar-refractivity contribution is -0.139. The summed E-state index contributed by atoms with van der Waals surface area (Å²) in [6.07, 6.45) is 4.24. The maximum absolute atomic E-state index is 12.8. The number of pyridine rings is 1. The van der Waals surface area contributed by atoms with Crippen molar-refractivity contribution in [1.82, 2.24) is 19.5 Å². The maximum atomic E-state index is 12.8. The summed E-state index contributed by atoms with van der Waals surface area (Å²) in [6.45, 7) is 4.58. The summed E-state index contributed by atoms with van der Waals surface area (Å²) in [4.78, 5) is 40.7.